The highest BCUT2D eigenvalue weighted by atomic mass is 19.1. The molecule has 0 saturated carbocycles. The van der Waals surface area contributed by atoms with E-state index in [1.54, 1.807) is 0 Å². The van der Waals surface area contributed by atoms with Crippen LogP contribution in [0, 0.1) is 5.82 Å². The van der Waals surface area contributed by atoms with Gasteiger partial charge in [-0.3, -0.25) is 9.99 Å². The summed E-state index contributed by atoms with van der Waals surface area (Å²) in [6, 6.07) is 0.371. The summed E-state index contributed by atoms with van der Waals surface area (Å²) in [6.07, 6.45) is 5.15. The van der Waals surface area contributed by atoms with Crippen molar-refractivity contribution in [2.75, 3.05) is 13.1 Å². The molecule has 0 spiro atoms. The molecule has 202 valence electrons. The number of hydrogen-bond acceptors (Lipinski definition) is 11. The minimum Gasteiger partial charge on any atom is -0.389 e. The second-order valence-electron chi connectivity index (χ2n) is 9.95. The molecule has 0 aromatic carbocycles. The average Bonchev–Trinajstić information content (AvgIpc) is 3.41. The van der Waals surface area contributed by atoms with Crippen LogP contribution in [0.25, 0.3) is 0 Å². The quantitative estimate of drug-likeness (QED) is 0.300. The number of oxime groups is 2. The zero-order valence-corrected chi connectivity index (χ0v) is 21.3. The van der Waals surface area contributed by atoms with Crippen LogP contribution in [-0.2, 0) is 9.68 Å². The van der Waals surface area contributed by atoms with Crippen LogP contribution < -0.4 is 16.7 Å². The molecule has 0 bridgehead atoms. The highest BCUT2D eigenvalue weighted by molar-refractivity contribution is 6.44. The number of carbonyl (C=O) groups is 2. The van der Waals surface area contributed by atoms with E-state index in [1.165, 1.54) is 23.5 Å². The van der Waals surface area contributed by atoms with E-state index in [9.17, 15) is 14.0 Å². The Labute approximate surface area is 217 Å². The predicted molar refractivity (Wildman–Crippen MR) is 136 cm³/mol. The van der Waals surface area contributed by atoms with Gasteiger partial charge in [-0.2, -0.15) is 15.3 Å². The number of amides is 4. The summed E-state index contributed by atoms with van der Waals surface area (Å²) >= 11 is 0. The first-order valence-corrected chi connectivity index (χ1v) is 11.6. The number of hydrazone groups is 3. The molecule has 4 amide bonds. The number of nitrogens with one attached hydrogen (secondary N) is 2. The summed E-state index contributed by atoms with van der Waals surface area (Å²) in [7, 11) is 0. The highest BCUT2D eigenvalue weighted by Crippen LogP contribution is 2.24. The number of pyridine rings is 1. The third kappa shape index (κ3) is 6.64. The van der Waals surface area contributed by atoms with Crippen molar-refractivity contribution < 1.29 is 23.7 Å². The average molecular weight is 530 g/mol. The zero-order valence-electron chi connectivity index (χ0n) is 21.3. The number of halogens is 1. The number of nitrogens with zero attached hydrogens (tertiary/aromatic N) is 8. The van der Waals surface area contributed by atoms with Gasteiger partial charge in [-0.25, -0.2) is 35.7 Å². The Morgan fingerprint density at radius 2 is 1.53 bits per heavy atom. The van der Waals surface area contributed by atoms with Gasteiger partial charge < -0.3 is 9.68 Å². The largest absolute Gasteiger partial charge is 0.389 e. The monoisotopic (exact) mass is 529 g/mol. The fraction of sp³-hybridized carbons (Fsp3) is 0.455. The van der Waals surface area contributed by atoms with Gasteiger partial charge in [-0.1, -0.05) is 10.3 Å². The minimum atomic E-state index is -0.479. The summed E-state index contributed by atoms with van der Waals surface area (Å²) in [4.78, 5) is 37.0. The van der Waals surface area contributed by atoms with Gasteiger partial charge in [0.25, 0.3) is 0 Å². The van der Waals surface area contributed by atoms with Gasteiger partial charge >= 0.3 is 12.1 Å². The van der Waals surface area contributed by atoms with Gasteiger partial charge in [0, 0.05) is 24.6 Å². The standard InChI is InChI=1S/C14H15FN6O2.C8H13N5O2/c1-14(2)4-11(20-23-14)12-8-21(13(22)19-18-12)17-6-9-3-10(15)7-16-5-9;1-8(2)3-5(12-15-8)6-4-13(9)7(14)11-10-6/h3,5-7H,4,8H2,1-2H3,(H,19,22);3-4,9H2,1-2H3,(H,11,14)/b17-6+;. The van der Waals surface area contributed by atoms with Crippen molar-refractivity contribution in [1.29, 1.82) is 0 Å². The second kappa shape index (κ2) is 10.5. The van der Waals surface area contributed by atoms with Crippen molar-refractivity contribution in [1.82, 2.24) is 25.9 Å². The molecule has 4 N–H and O–H groups in total. The smallest absolute Gasteiger partial charge is 0.358 e. The van der Waals surface area contributed by atoms with E-state index in [1.807, 2.05) is 27.7 Å². The number of hydrogen-bond donors (Lipinski definition) is 3. The van der Waals surface area contributed by atoms with Crippen LogP contribution in [0.4, 0.5) is 14.0 Å². The normalized spacial score (nSPS) is 21.7. The van der Waals surface area contributed by atoms with E-state index in [2.05, 4.69) is 41.5 Å². The molecule has 0 radical (unpaired) electrons. The maximum absolute atomic E-state index is 13.1. The lowest BCUT2D eigenvalue weighted by Crippen LogP contribution is -2.51. The van der Waals surface area contributed by atoms with Crippen LogP contribution in [0.2, 0.25) is 0 Å². The van der Waals surface area contributed by atoms with E-state index < -0.39 is 17.9 Å². The summed E-state index contributed by atoms with van der Waals surface area (Å²) in [5.41, 5.74) is 7.04. The van der Waals surface area contributed by atoms with Gasteiger partial charge in [0.2, 0.25) is 0 Å². The Bertz CT molecular complexity index is 1270. The van der Waals surface area contributed by atoms with Crippen LogP contribution in [-0.4, -0.2) is 80.4 Å². The Hall–Kier alpha value is -4.47. The van der Waals surface area contributed by atoms with Crippen molar-refractivity contribution in [3.63, 3.8) is 0 Å². The summed E-state index contributed by atoms with van der Waals surface area (Å²) in [5.74, 6) is 4.98. The highest BCUT2D eigenvalue weighted by Gasteiger charge is 2.35. The molecule has 0 aliphatic carbocycles. The molecule has 0 fully saturated rings. The van der Waals surface area contributed by atoms with Gasteiger partial charge in [0.05, 0.1) is 25.5 Å². The molecule has 1 aromatic rings. The van der Waals surface area contributed by atoms with E-state index in [0.29, 0.717) is 35.5 Å². The Morgan fingerprint density at radius 1 is 0.947 bits per heavy atom. The van der Waals surface area contributed by atoms with Crippen molar-refractivity contribution in [2.45, 2.75) is 51.7 Å². The summed E-state index contributed by atoms with van der Waals surface area (Å²) < 4.78 is 13.1. The molecule has 16 heteroatoms. The molecule has 0 atom stereocenters. The van der Waals surface area contributed by atoms with E-state index in [0.717, 1.165) is 16.9 Å². The van der Waals surface area contributed by atoms with Crippen molar-refractivity contribution in [2.24, 2.45) is 31.5 Å². The Balaban J connectivity index is 0.000000194. The van der Waals surface area contributed by atoms with E-state index in [-0.39, 0.29) is 24.3 Å². The third-order valence-electron chi connectivity index (χ3n) is 5.42. The van der Waals surface area contributed by atoms with Crippen molar-refractivity contribution in [3.05, 3.63) is 29.8 Å². The zero-order chi connectivity index (χ0) is 27.5. The maximum atomic E-state index is 13.1. The van der Waals surface area contributed by atoms with Gasteiger partial charge in [0.1, 0.15) is 39.9 Å². The molecular formula is C22H28FN11O4. The summed E-state index contributed by atoms with van der Waals surface area (Å²) in [6.45, 7) is 8.11. The van der Waals surface area contributed by atoms with Crippen LogP contribution in [0.5, 0.6) is 0 Å². The molecule has 0 saturated heterocycles. The lowest BCUT2D eigenvalue weighted by atomic mass is 10.00. The molecule has 4 aliphatic rings. The SMILES string of the molecule is CC1(C)CC(C2=NNC(=O)N(/N=C/c3cncc(F)c3)C2)=NO1.CC1(C)CC(C2=NNC(=O)N(N)C2)=NO1. The van der Waals surface area contributed by atoms with Crippen LogP contribution in [0.15, 0.2) is 44.1 Å². The summed E-state index contributed by atoms with van der Waals surface area (Å²) in [5, 5.41) is 22.1. The molecule has 4 aliphatic heterocycles. The lowest BCUT2D eigenvalue weighted by molar-refractivity contribution is 0.0120. The fourth-order valence-electron chi connectivity index (χ4n) is 3.51. The first kappa shape index (κ1) is 26.6. The molecule has 15 nitrogen and oxygen atoms in total. The Morgan fingerprint density at radius 3 is 2.05 bits per heavy atom. The van der Waals surface area contributed by atoms with E-state index >= 15 is 0 Å². The lowest BCUT2D eigenvalue weighted by Gasteiger charge is -2.22. The molecule has 1 aromatic heterocycles. The van der Waals surface area contributed by atoms with Crippen molar-refractivity contribution in [3.8, 4) is 0 Å². The number of nitrogens with two attached hydrogens (primary N) is 1. The molecule has 5 heterocycles. The molecular weight excluding hydrogens is 501 g/mol. The number of rotatable bonds is 4. The van der Waals surface area contributed by atoms with Crippen LogP contribution >= 0.6 is 0 Å². The second-order valence-corrected chi connectivity index (χ2v) is 9.95. The van der Waals surface area contributed by atoms with Gasteiger partial charge in [0.15, 0.2) is 0 Å². The van der Waals surface area contributed by atoms with Gasteiger partial charge in [-0.15, -0.1) is 0 Å². The van der Waals surface area contributed by atoms with Crippen molar-refractivity contribution >= 4 is 41.1 Å². The maximum Gasteiger partial charge on any atom is 0.358 e. The van der Waals surface area contributed by atoms with Crippen LogP contribution in [0.3, 0.4) is 0 Å². The number of aromatic nitrogens is 1. The van der Waals surface area contributed by atoms with Gasteiger partial charge in [-0.05, 0) is 33.8 Å². The molecule has 5 rings (SSSR count). The Kier molecular flexibility index (Phi) is 7.34. The first-order chi connectivity index (χ1) is 17.9. The fourth-order valence-corrected chi connectivity index (χ4v) is 3.51. The predicted octanol–water partition coefficient (Wildman–Crippen LogP) is 1.29. The number of hydrazine groups is 1. The minimum absolute atomic E-state index is 0.156. The molecule has 38 heavy (non-hydrogen) atoms. The first-order valence-electron chi connectivity index (χ1n) is 11.6. The number of urea groups is 2. The van der Waals surface area contributed by atoms with Crippen LogP contribution in [0.1, 0.15) is 46.1 Å². The topological polar surface area (TPSA) is 184 Å². The molecule has 0 unspecified atom stereocenters. The third-order valence-corrected chi connectivity index (χ3v) is 5.42. The number of carbonyl (C=O) groups excluding carboxylic acids is 2. The van der Waals surface area contributed by atoms with E-state index in [4.69, 9.17) is 15.5 Å².